The summed E-state index contributed by atoms with van der Waals surface area (Å²) in [7, 11) is -3.60. The third-order valence-corrected chi connectivity index (χ3v) is 7.76. The van der Waals surface area contributed by atoms with Gasteiger partial charge < -0.3 is 10.2 Å². The zero-order chi connectivity index (χ0) is 26.9. The lowest BCUT2D eigenvalue weighted by molar-refractivity contribution is -0.140. The number of anilines is 1. The molecule has 36 heavy (non-hydrogen) atoms. The van der Waals surface area contributed by atoms with Crippen LogP contribution in [0.15, 0.2) is 42.5 Å². The van der Waals surface area contributed by atoms with E-state index in [-0.39, 0.29) is 37.7 Å². The first kappa shape index (κ1) is 29.9. The average Bonchev–Trinajstić information content (AvgIpc) is 2.82. The molecule has 0 aliphatic heterocycles. The number of hydrogen-bond acceptors (Lipinski definition) is 4. The van der Waals surface area contributed by atoms with Crippen LogP contribution in [0.3, 0.4) is 0 Å². The predicted octanol–water partition coefficient (Wildman–Crippen LogP) is 5.18. The monoisotopic (exact) mass is 555 g/mol. The van der Waals surface area contributed by atoms with Gasteiger partial charge in [-0.3, -0.25) is 13.9 Å². The maximum Gasteiger partial charge on any atom is 0.242 e. The first-order valence-electron chi connectivity index (χ1n) is 12.0. The van der Waals surface area contributed by atoms with Gasteiger partial charge in [0.05, 0.1) is 11.9 Å². The van der Waals surface area contributed by atoms with Crippen LogP contribution in [-0.4, -0.2) is 50.5 Å². The van der Waals surface area contributed by atoms with E-state index in [9.17, 15) is 18.0 Å². The maximum atomic E-state index is 13.3. The van der Waals surface area contributed by atoms with E-state index in [1.807, 2.05) is 19.1 Å². The Hall–Kier alpha value is -2.29. The van der Waals surface area contributed by atoms with Gasteiger partial charge in [0.1, 0.15) is 6.04 Å². The van der Waals surface area contributed by atoms with E-state index in [0.717, 1.165) is 24.7 Å². The van der Waals surface area contributed by atoms with Gasteiger partial charge in [-0.05, 0) is 62.1 Å². The van der Waals surface area contributed by atoms with E-state index in [4.69, 9.17) is 23.2 Å². The lowest BCUT2D eigenvalue weighted by Gasteiger charge is -2.29. The van der Waals surface area contributed by atoms with Gasteiger partial charge in [0.25, 0.3) is 0 Å². The van der Waals surface area contributed by atoms with Crippen LogP contribution in [0, 0.1) is 6.92 Å². The Morgan fingerprint density at radius 3 is 2.33 bits per heavy atom. The molecule has 0 saturated carbocycles. The summed E-state index contributed by atoms with van der Waals surface area (Å²) in [5, 5.41) is 3.94. The molecule has 0 heterocycles. The summed E-state index contributed by atoms with van der Waals surface area (Å²) < 4.78 is 26.3. The number of amides is 2. The summed E-state index contributed by atoms with van der Waals surface area (Å²) in [6.45, 7) is 6.39. The predicted molar refractivity (Wildman–Crippen MR) is 147 cm³/mol. The Kier molecular flexibility index (Phi) is 11.5. The minimum absolute atomic E-state index is 0.0752. The number of rotatable bonds is 13. The molecule has 10 heteroatoms. The molecule has 0 aliphatic rings. The van der Waals surface area contributed by atoms with Gasteiger partial charge in [-0.15, -0.1) is 0 Å². The Morgan fingerprint density at radius 2 is 1.72 bits per heavy atom. The topological polar surface area (TPSA) is 86.8 Å². The SMILES string of the molecule is CCCCNC(=O)[C@H](C)N(Cc1ccc(Cl)cc1)C(=O)CCCN(c1cccc(Cl)c1C)S(C)(=O)=O. The molecule has 0 bridgehead atoms. The minimum Gasteiger partial charge on any atom is -0.354 e. The summed E-state index contributed by atoms with van der Waals surface area (Å²) in [5.74, 6) is -0.461. The van der Waals surface area contributed by atoms with E-state index in [1.165, 1.54) is 9.21 Å². The van der Waals surface area contributed by atoms with Gasteiger partial charge in [-0.1, -0.05) is 54.7 Å². The van der Waals surface area contributed by atoms with Crippen molar-refractivity contribution < 1.29 is 18.0 Å². The molecular weight excluding hydrogens is 521 g/mol. The second-order valence-corrected chi connectivity index (χ2v) is 11.5. The number of unbranched alkanes of at least 4 members (excludes halogenated alkanes) is 1. The van der Waals surface area contributed by atoms with Crippen molar-refractivity contribution in [1.82, 2.24) is 10.2 Å². The molecule has 2 rings (SSSR count). The highest BCUT2D eigenvalue weighted by Crippen LogP contribution is 2.28. The summed E-state index contributed by atoms with van der Waals surface area (Å²) in [6.07, 6.45) is 3.29. The van der Waals surface area contributed by atoms with E-state index in [1.54, 1.807) is 44.2 Å². The van der Waals surface area contributed by atoms with E-state index >= 15 is 0 Å². The Balaban J connectivity index is 2.17. The minimum atomic E-state index is -3.60. The van der Waals surface area contributed by atoms with Crippen molar-refractivity contribution in [2.24, 2.45) is 0 Å². The van der Waals surface area contributed by atoms with Gasteiger partial charge in [0, 0.05) is 36.1 Å². The molecular formula is C26H35Cl2N3O4S. The standard InChI is InChI=1S/C26H35Cl2N3O4S/c1-5-6-16-29-26(33)20(3)30(18-21-12-14-22(27)15-13-21)25(32)11-8-17-31(36(4,34)35)24-10-7-9-23(28)19(24)2/h7,9-10,12-15,20H,5-6,8,11,16-18H2,1-4H3,(H,29,33)/t20-/m0/s1. The van der Waals surface area contributed by atoms with Crippen LogP contribution in [-0.2, 0) is 26.2 Å². The first-order valence-corrected chi connectivity index (χ1v) is 14.6. The van der Waals surface area contributed by atoms with E-state index in [0.29, 0.717) is 27.8 Å². The van der Waals surface area contributed by atoms with Crippen molar-refractivity contribution in [2.45, 2.75) is 59.0 Å². The number of sulfonamides is 1. The molecule has 2 aromatic carbocycles. The van der Waals surface area contributed by atoms with Crippen molar-refractivity contribution in [3.05, 3.63) is 63.6 Å². The quantitative estimate of drug-likeness (QED) is 0.345. The number of nitrogens with zero attached hydrogens (tertiary/aromatic N) is 2. The average molecular weight is 557 g/mol. The first-order chi connectivity index (χ1) is 17.0. The van der Waals surface area contributed by atoms with E-state index < -0.39 is 16.1 Å². The summed E-state index contributed by atoms with van der Waals surface area (Å²) >= 11 is 12.2. The number of carbonyl (C=O) groups is 2. The van der Waals surface area contributed by atoms with Gasteiger partial charge in [0.15, 0.2) is 0 Å². The van der Waals surface area contributed by atoms with Crippen LogP contribution in [0.2, 0.25) is 10.0 Å². The summed E-state index contributed by atoms with van der Waals surface area (Å²) in [6, 6.07) is 11.5. The third-order valence-electron chi connectivity index (χ3n) is 5.92. The summed E-state index contributed by atoms with van der Waals surface area (Å²) in [4.78, 5) is 27.6. The maximum absolute atomic E-state index is 13.3. The van der Waals surface area contributed by atoms with Gasteiger partial charge in [0.2, 0.25) is 21.8 Å². The molecule has 7 nitrogen and oxygen atoms in total. The van der Waals surface area contributed by atoms with Crippen molar-refractivity contribution in [1.29, 1.82) is 0 Å². The molecule has 0 spiro atoms. The Morgan fingerprint density at radius 1 is 1.06 bits per heavy atom. The zero-order valence-corrected chi connectivity index (χ0v) is 23.6. The number of halogens is 2. The molecule has 1 N–H and O–H groups in total. The van der Waals surface area contributed by atoms with Gasteiger partial charge >= 0.3 is 0 Å². The molecule has 0 saturated heterocycles. The van der Waals surface area contributed by atoms with E-state index in [2.05, 4.69) is 5.32 Å². The lowest BCUT2D eigenvalue weighted by Crippen LogP contribution is -2.48. The van der Waals surface area contributed by atoms with Crippen LogP contribution in [0.5, 0.6) is 0 Å². The van der Waals surface area contributed by atoms with Gasteiger partial charge in [-0.25, -0.2) is 8.42 Å². The molecule has 0 fully saturated rings. The number of nitrogens with one attached hydrogen (secondary N) is 1. The highest BCUT2D eigenvalue weighted by molar-refractivity contribution is 7.92. The zero-order valence-electron chi connectivity index (χ0n) is 21.3. The summed E-state index contributed by atoms with van der Waals surface area (Å²) in [5.41, 5.74) is 1.98. The fourth-order valence-electron chi connectivity index (χ4n) is 3.75. The molecule has 2 amide bonds. The normalized spacial score (nSPS) is 12.2. The van der Waals surface area contributed by atoms with Crippen LogP contribution in [0.4, 0.5) is 5.69 Å². The molecule has 0 aliphatic carbocycles. The van der Waals surface area contributed by atoms with Crippen molar-refractivity contribution >= 4 is 50.7 Å². The van der Waals surface area contributed by atoms with Crippen LogP contribution in [0.25, 0.3) is 0 Å². The number of carbonyl (C=O) groups excluding carboxylic acids is 2. The van der Waals surface area contributed by atoms with Crippen molar-refractivity contribution in [3.8, 4) is 0 Å². The fourth-order valence-corrected chi connectivity index (χ4v) is 5.07. The molecule has 0 aromatic heterocycles. The molecule has 0 radical (unpaired) electrons. The Labute approximate surface area is 224 Å². The molecule has 0 unspecified atom stereocenters. The van der Waals surface area contributed by atoms with Crippen LogP contribution >= 0.6 is 23.2 Å². The molecule has 2 aromatic rings. The smallest absolute Gasteiger partial charge is 0.242 e. The molecule has 198 valence electrons. The van der Waals surface area contributed by atoms with Crippen LogP contribution in [0.1, 0.15) is 50.7 Å². The number of hydrogen-bond donors (Lipinski definition) is 1. The van der Waals surface area contributed by atoms with Gasteiger partial charge in [-0.2, -0.15) is 0 Å². The van der Waals surface area contributed by atoms with Crippen molar-refractivity contribution in [3.63, 3.8) is 0 Å². The highest BCUT2D eigenvalue weighted by Gasteiger charge is 2.27. The highest BCUT2D eigenvalue weighted by atomic mass is 35.5. The van der Waals surface area contributed by atoms with Crippen molar-refractivity contribution in [2.75, 3.05) is 23.7 Å². The molecule has 1 atom stereocenters. The Bertz CT molecular complexity index is 1140. The second-order valence-electron chi connectivity index (χ2n) is 8.79. The van der Waals surface area contributed by atoms with Crippen LogP contribution < -0.4 is 9.62 Å². The fraction of sp³-hybridized carbons (Fsp3) is 0.462. The third kappa shape index (κ3) is 8.68. The second kappa shape index (κ2) is 13.9. The lowest BCUT2D eigenvalue weighted by atomic mass is 10.1. The largest absolute Gasteiger partial charge is 0.354 e. The number of benzene rings is 2.